The summed E-state index contributed by atoms with van der Waals surface area (Å²) in [5, 5.41) is 10.5. The van der Waals surface area contributed by atoms with Crippen LogP contribution in [0.1, 0.15) is 30.1 Å². The smallest absolute Gasteiger partial charge is 0.223 e. The van der Waals surface area contributed by atoms with Gasteiger partial charge in [-0.1, -0.05) is 39.3 Å². The van der Waals surface area contributed by atoms with Crippen LogP contribution in [0.15, 0.2) is 38.3 Å². The zero-order valence-corrected chi connectivity index (χ0v) is 17.6. The van der Waals surface area contributed by atoms with Crippen molar-refractivity contribution in [2.75, 3.05) is 13.6 Å². The van der Waals surface area contributed by atoms with Crippen molar-refractivity contribution in [3.8, 4) is 0 Å². The zero-order valence-electron chi connectivity index (χ0n) is 13.7. The normalized spacial score (nSPS) is 15.5. The van der Waals surface area contributed by atoms with Crippen LogP contribution in [0.25, 0.3) is 0 Å². The van der Waals surface area contributed by atoms with Gasteiger partial charge in [-0.05, 0) is 24.5 Å². The molecule has 2 N–H and O–H groups in total. The lowest BCUT2D eigenvalue weighted by Gasteiger charge is -2.20. The van der Waals surface area contributed by atoms with Crippen molar-refractivity contribution in [2.45, 2.75) is 31.7 Å². The molecule has 8 heteroatoms. The van der Waals surface area contributed by atoms with Crippen molar-refractivity contribution in [1.82, 2.24) is 20.8 Å². The van der Waals surface area contributed by atoms with Gasteiger partial charge in [0.1, 0.15) is 0 Å². The number of nitrogens with zero attached hydrogens (tertiary/aromatic N) is 3. The molecule has 0 atom stereocenters. The lowest BCUT2D eigenvalue weighted by atomic mass is 9.96. The van der Waals surface area contributed by atoms with Gasteiger partial charge in [0.2, 0.25) is 5.89 Å². The Morgan fingerprint density at radius 2 is 2.08 bits per heavy atom. The minimum atomic E-state index is 0. The molecular formula is C16H21BrIN5O. The maximum atomic E-state index is 4.96. The molecule has 6 nitrogen and oxygen atoms in total. The van der Waals surface area contributed by atoms with Crippen LogP contribution < -0.4 is 10.6 Å². The highest BCUT2D eigenvalue weighted by molar-refractivity contribution is 14.0. The second-order valence-electron chi connectivity index (χ2n) is 5.77. The molecule has 1 aromatic heterocycles. The molecule has 1 heterocycles. The zero-order chi connectivity index (χ0) is 16.3. The van der Waals surface area contributed by atoms with E-state index in [0.29, 0.717) is 18.3 Å². The number of aromatic nitrogens is 2. The topological polar surface area (TPSA) is 75.3 Å². The molecular weight excluding hydrogens is 485 g/mol. The summed E-state index contributed by atoms with van der Waals surface area (Å²) in [7, 11) is 1.76. The highest BCUT2D eigenvalue weighted by atomic mass is 127. The third-order valence-electron chi connectivity index (χ3n) is 4.10. The first-order valence-electron chi connectivity index (χ1n) is 7.62. The van der Waals surface area contributed by atoms with Gasteiger partial charge in [0.15, 0.2) is 11.8 Å². The van der Waals surface area contributed by atoms with Crippen LogP contribution in [-0.2, 0) is 12.0 Å². The van der Waals surface area contributed by atoms with Crippen LogP contribution in [0, 0.1) is 6.92 Å². The molecule has 1 saturated carbocycles. The van der Waals surface area contributed by atoms with E-state index in [1.54, 1.807) is 14.0 Å². The van der Waals surface area contributed by atoms with Gasteiger partial charge in [-0.15, -0.1) is 24.0 Å². The van der Waals surface area contributed by atoms with Crippen molar-refractivity contribution in [2.24, 2.45) is 4.99 Å². The van der Waals surface area contributed by atoms with Gasteiger partial charge in [0.25, 0.3) is 0 Å². The fourth-order valence-electron chi connectivity index (χ4n) is 2.63. The Labute approximate surface area is 167 Å². The van der Waals surface area contributed by atoms with Crippen LogP contribution in [0.2, 0.25) is 0 Å². The lowest BCUT2D eigenvalue weighted by Crippen LogP contribution is -2.41. The van der Waals surface area contributed by atoms with Crippen molar-refractivity contribution < 1.29 is 4.52 Å². The summed E-state index contributed by atoms with van der Waals surface area (Å²) in [5.41, 5.74) is 1.55. The number of aliphatic imine (C=N–C) groups is 1. The first-order chi connectivity index (χ1) is 11.1. The monoisotopic (exact) mass is 505 g/mol. The summed E-state index contributed by atoms with van der Waals surface area (Å²) < 4.78 is 6.13. The van der Waals surface area contributed by atoms with E-state index in [9.17, 15) is 0 Å². The maximum absolute atomic E-state index is 4.96. The molecule has 1 aromatic carbocycles. The van der Waals surface area contributed by atoms with E-state index in [4.69, 9.17) is 4.52 Å². The summed E-state index contributed by atoms with van der Waals surface area (Å²) in [6.07, 6.45) is 2.37. The van der Waals surface area contributed by atoms with E-state index in [1.807, 2.05) is 6.07 Å². The van der Waals surface area contributed by atoms with Crippen LogP contribution in [0.4, 0.5) is 0 Å². The van der Waals surface area contributed by atoms with Gasteiger partial charge in [0.05, 0.1) is 6.54 Å². The number of hydrogen-bond donors (Lipinski definition) is 2. The minimum absolute atomic E-state index is 0. The van der Waals surface area contributed by atoms with Gasteiger partial charge in [-0.3, -0.25) is 4.99 Å². The summed E-state index contributed by atoms with van der Waals surface area (Å²) in [6, 6.07) is 8.42. The van der Waals surface area contributed by atoms with Crippen LogP contribution in [-0.4, -0.2) is 29.7 Å². The number of aryl methyl sites for hydroxylation is 1. The number of halogens is 2. The lowest BCUT2D eigenvalue weighted by molar-refractivity contribution is 0.386. The number of rotatable bonds is 5. The molecule has 1 aliphatic rings. The molecule has 0 spiro atoms. The average molecular weight is 506 g/mol. The Hall–Kier alpha value is -1.16. The van der Waals surface area contributed by atoms with Gasteiger partial charge in [-0.25, -0.2) is 0 Å². The predicted molar refractivity (Wildman–Crippen MR) is 108 cm³/mol. The van der Waals surface area contributed by atoms with Crippen LogP contribution in [0.5, 0.6) is 0 Å². The summed E-state index contributed by atoms with van der Waals surface area (Å²) >= 11 is 3.66. The van der Waals surface area contributed by atoms with Crippen molar-refractivity contribution in [3.63, 3.8) is 0 Å². The Kier molecular flexibility index (Phi) is 6.62. The maximum Gasteiger partial charge on any atom is 0.223 e. The number of hydrogen-bond acceptors (Lipinski definition) is 4. The van der Waals surface area contributed by atoms with E-state index in [2.05, 4.69) is 59.9 Å². The van der Waals surface area contributed by atoms with E-state index in [-0.39, 0.29) is 29.4 Å². The fraction of sp³-hybridized carbons (Fsp3) is 0.438. The molecule has 130 valence electrons. The third kappa shape index (κ3) is 4.47. The second kappa shape index (κ2) is 8.28. The fourth-order valence-corrected chi connectivity index (χ4v) is 3.34. The predicted octanol–water partition coefficient (Wildman–Crippen LogP) is 3.16. The van der Waals surface area contributed by atoms with E-state index in [0.717, 1.165) is 12.5 Å². The first-order valence-corrected chi connectivity index (χ1v) is 8.41. The third-order valence-corrected chi connectivity index (χ3v) is 4.79. The molecule has 0 aliphatic heterocycles. The number of guanidine groups is 1. The van der Waals surface area contributed by atoms with E-state index in [1.165, 1.54) is 22.9 Å². The molecule has 0 radical (unpaired) electrons. The summed E-state index contributed by atoms with van der Waals surface area (Å²) in [5.74, 6) is 1.93. The van der Waals surface area contributed by atoms with Gasteiger partial charge in [-0.2, -0.15) is 4.98 Å². The van der Waals surface area contributed by atoms with E-state index >= 15 is 0 Å². The van der Waals surface area contributed by atoms with Gasteiger partial charge < -0.3 is 15.2 Å². The van der Waals surface area contributed by atoms with Crippen LogP contribution >= 0.6 is 39.9 Å². The highest BCUT2D eigenvalue weighted by Crippen LogP contribution is 2.49. The van der Waals surface area contributed by atoms with Crippen LogP contribution in [0.3, 0.4) is 0 Å². The standard InChI is InChI=1S/C16H20BrN5O.HI/c1-11-21-14(22-23-11)9-19-15(18-2)20-10-16(7-8-16)12-5-3-4-6-13(12)17;/h3-6H,7-10H2,1-2H3,(H2,18,19,20);1H. The molecule has 1 fully saturated rings. The first kappa shape index (κ1) is 19.2. The Bertz CT molecular complexity index is 714. The number of benzene rings is 1. The Morgan fingerprint density at radius 1 is 1.33 bits per heavy atom. The molecule has 0 unspecified atom stereocenters. The quantitative estimate of drug-likeness (QED) is 0.371. The average Bonchev–Trinajstić information content (AvgIpc) is 3.22. The molecule has 0 amide bonds. The van der Waals surface area contributed by atoms with Crippen molar-refractivity contribution >= 4 is 45.9 Å². The molecule has 1 aliphatic carbocycles. The van der Waals surface area contributed by atoms with E-state index < -0.39 is 0 Å². The molecule has 0 bridgehead atoms. The largest absolute Gasteiger partial charge is 0.356 e. The van der Waals surface area contributed by atoms with Gasteiger partial charge in [0, 0.05) is 30.4 Å². The molecule has 2 aromatic rings. The van der Waals surface area contributed by atoms with Crippen molar-refractivity contribution in [1.29, 1.82) is 0 Å². The van der Waals surface area contributed by atoms with Crippen molar-refractivity contribution in [3.05, 3.63) is 46.0 Å². The SMILES string of the molecule is CN=C(NCc1noc(C)n1)NCC1(c2ccccc2Br)CC1.I. The van der Waals surface area contributed by atoms with Gasteiger partial charge >= 0.3 is 0 Å². The molecule has 3 rings (SSSR count). The Balaban J connectivity index is 0.00000208. The highest BCUT2D eigenvalue weighted by Gasteiger charge is 2.45. The number of nitrogens with one attached hydrogen (secondary N) is 2. The second-order valence-corrected chi connectivity index (χ2v) is 6.62. The Morgan fingerprint density at radius 3 is 2.67 bits per heavy atom. The summed E-state index contributed by atoms with van der Waals surface area (Å²) in [4.78, 5) is 8.42. The minimum Gasteiger partial charge on any atom is -0.356 e. The molecule has 24 heavy (non-hydrogen) atoms. The molecule has 0 saturated heterocycles. The summed E-state index contributed by atoms with van der Waals surface area (Å²) in [6.45, 7) is 3.11.